The second-order valence-electron chi connectivity index (χ2n) is 5.92. The summed E-state index contributed by atoms with van der Waals surface area (Å²) in [4.78, 5) is 20.4. The van der Waals surface area contributed by atoms with Crippen LogP contribution in [0.3, 0.4) is 0 Å². The molecule has 1 aliphatic heterocycles. The molecule has 1 aromatic heterocycles. The molecule has 5 nitrogen and oxygen atoms in total. The van der Waals surface area contributed by atoms with Crippen LogP contribution in [0.15, 0.2) is 66.9 Å². The third-order valence-corrected chi connectivity index (χ3v) is 4.08. The topological polar surface area (TPSA) is 64.1 Å². The van der Waals surface area contributed by atoms with Crippen LogP contribution in [0.2, 0.25) is 0 Å². The van der Waals surface area contributed by atoms with Gasteiger partial charge in [0.1, 0.15) is 11.9 Å². The van der Waals surface area contributed by atoms with E-state index in [9.17, 15) is 9.18 Å². The molecular weight excluding hydrogens is 345 g/mol. The summed E-state index contributed by atoms with van der Waals surface area (Å²) in [7, 11) is 0. The lowest BCUT2D eigenvalue weighted by molar-refractivity contribution is 0.131. The van der Waals surface area contributed by atoms with Crippen molar-refractivity contribution in [1.29, 1.82) is 0 Å². The molecule has 0 spiro atoms. The van der Waals surface area contributed by atoms with Gasteiger partial charge in [-0.25, -0.2) is 19.2 Å². The number of hydrogen-bond acceptors (Lipinski definition) is 4. The average molecular weight is 359 g/mol. The van der Waals surface area contributed by atoms with Crippen molar-refractivity contribution in [3.8, 4) is 11.8 Å². The fourth-order valence-corrected chi connectivity index (χ4v) is 2.85. The molecule has 27 heavy (non-hydrogen) atoms. The number of nitrogens with zero attached hydrogens (tertiary/aromatic N) is 2. The van der Waals surface area contributed by atoms with E-state index in [1.165, 1.54) is 12.1 Å². The van der Waals surface area contributed by atoms with Crippen molar-refractivity contribution in [3.05, 3.63) is 95.3 Å². The molecule has 2 aromatic carbocycles. The molecule has 1 N–H and O–H groups in total. The predicted molar refractivity (Wildman–Crippen MR) is 96.0 cm³/mol. The lowest BCUT2D eigenvalue weighted by Gasteiger charge is -2.16. The lowest BCUT2D eigenvalue weighted by Crippen LogP contribution is -2.21. The molecule has 132 valence electrons. The van der Waals surface area contributed by atoms with E-state index in [0.717, 1.165) is 5.56 Å². The molecule has 2 heterocycles. The summed E-state index contributed by atoms with van der Waals surface area (Å²) in [6, 6.07) is 16.6. The van der Waals surface area contributed by atoms with E-state index in [4.69, 9.17) is 4.74 Å². The summed E-state index contributed by atoms with van der Waals surface area (Å²) in [6.07, 6.45) is 0.313. The van der Waals surface area contributed by atoms with Gasteiger partial charge in [-0.05, 0) is 41.8 Å². The lowest BCUT2D eigenvalue weighted by atomic mass is 10.00. The van der Waals surface area contributed by atoms with Gasteiger partial charge < -0.3 is 10.1 Å². The minimum absolute atomic E-state index is 0.329. The molecule has 1 aliphatic rings. The van der Waals surface area contributed by atoms with Gasteiger partial charge in [0.15, 0.2) is 6.10 Å². The van der Waals surface area contributed by atoms with Crippen LogP contribution >= 0.6 is 0 Å². The second-order valence-corrected chi connectivity index (χ2v) is 5.92. The predicted octanol–water partition coefficient (Wildman–Crippen LogP) is 3.54. The molecule has 0 bridgehead atoms. The monoisotopic (exact) mass is 359 g/mol. The van der Waals surface area contributed by atoms with Crippen LogP contribution in [0.4, 0.5) is 9.18 Å². The Kier molecular flexibility index (Phi) is 4.50. The van der Waals surface area contributed by atoms with Crippen LogP contribution in [-0.4, -0.2) is 16.1 Å². The SMILES string of the molecule is O=C1NC(c2ccnc(C#Cc3ccccc3)n2)C(c2cccc(F)c2)O1. The summed E-state index contributed by atoms with van der Waals surface area (Å²) in [6.45, 7) is 0. The van der Waals surface area contributed by atoms with E-state index < -0.39 is 24.1 Å². The Hall–Kier alpha value is -3.72. The van der Waals surface area contributed by atoms with E-state index in [-0.39, 0.29) is 0 Å². The van der Waals surface area contributed by atoms with Gasteiger partial charge in [0.05, 0.1) is 5.69 Å². The van der Waals surface area contributed by atoms with Crippen molar-refractivity contribution in [3.63, 3.8) is 0 Å². The minimum Gasteiger partial charge on any atom is -0.439 e. The third kappa shape index (κ3) is 3.77. The maximum absolute atomic E-state index is 13.6. The number of carbonyl (C=O) groups is 1. The molecule has 0 aliphatic carbocycles. The van der Waals surface area contributed by atoms with E-state index in [0.29, 0.717) is 17.1 Å². The molecule has 1 saturated heterocycles. The number of rotatable bonds is 2. The summed E-state index contributed by atoms with van der Waals surface area (Å²) in [5.41, 5.74) is 1.94. The molecule has 3 aromatic rings. The van der Waals surface area contributed by atoms with Crippen molar-refractivity contribution in [2.75, 3.05) is 0 Å². The number of ether oxygens (including phenoxy) is 1. The largest absolute Gasteiger partial charge is 0.439 e. The van der Waals surface area contributed by atoms with Crippen molar-refractivity contribution in [2.24, 2.45) is 0 Å². The summed E-state index contributed by atoms with van der Waals surface area (Å²) in [5, 5.41) is 2.72. The molecule has 2 atom stereocenters. The number of benzene rings is 2. The van der Waals surface area contributed by atoms with Crippen LogP contribution < -0.4 is 5.32 Å². The number of hydrogen-bond donors (Lipinski definition) is 1. The van der Waals surface area contributed by atoms with Gasteiger partial charge in [0, 0.05) is 11.8 Å². The normalized spacial score (nSPS) is 18.2. The Morgan fingerprint density at radius 2 is 1.89 bits per heavy atom. The number of amides is 1. The Morgan fingerprint density at radius 3 is 2.70 bits per heavy atom. The highest BCUT2D eigenvalue weighted by atomic mass is 19.1. The summed E-state index contributed by atoms with van der Waals surface area (Å²) in [5.74, 6) is 5.84. The fourth-order valence-electron chi connectivity index (χ4n) is 2.85. The van der Waals surface area contributed by atoms with E-state index >= 15 is 0 Å². The molecular formula is C21H14FN3O2. The number of cyclic esters (lactones) is 1. The second kappa shape index (κ2) is 7.26. The van der Waals surface area contributed by atoms with Gasteiger partial charge in [-0.2, -0.15) is 0 Å². The highest BCUT2D eigenvalue weighted by Crippen LogP contribution is 2.35. The molecule has 4 rings (SSSR count). The van der Waals surface area contributed by atoms with E-state index in [2.05, 4.69) is 27.1 Å². The van der Waals surface area contributed by atoms with Gasteiger partial charge in [-0.3, -0.25) is 0 Å². The maximum atomic E-state index is 13.6. The summed E-state index contributed by atoms with van der Waals surface area (Å²) >= 11 is 0. The smallest absolute Gasteiger partial charge is 0.408 e. The molecule has 0 radical (unpaired) electrons. The van der Waals surface area contributed by atoms with Crippen molar-refractivity contribution < 1.29 is 13.9 Å². The van der Waals surface area contributed by atoms with E-state index in [1.54, 1.807) is 24.4 Å². The first-order chi connectivity index (χ1) is 13.2. The van der Waals surface area contributed by atoms with Crippen molar-refractivity contribution in [2.45, 2.75) is 12.1 Å². The number of aromatic nitrogens is 2. The Morgan fingerprint density at radius 1 is 1.04 bits per heavy atom. The quantitative estimate of drug-likeness (QED) is 0.711. The average Bonchev–Trinajstić information content (AvgIpc) is 3.09. The van der Waals surface area contributed by atoms with Crippen LogP contribution in [0.1, 0.15) is 34.8 Å². The van der Waals surface area contributed by atoms with Gasteiger partial charge in [-0.15, -0.1) is 0 Å². The Balaban J connectivity index is 1.64. The molecule has 1 fully saturated rings. The van der Waals surface area contributed by atoms with Crippen LogP contribution in [-0.2, 0) is 4.74 Å². The minimum atomic E-state index is -0.682. The maximum Gasteiger partial charge on any atom is 0.408 e. The van der Waals surface area contributed by atoms with Gasteiger partial charge in [0.25, 0.3) is 0 Å². The van der Waals surface area contributed by atoms with Crippen LogP contribution in [0.5, 0.6) is 0 Å². The number of carbonyl (C=O) groups excluding carboxylic acids is 1. The van der Waals surface area contributed by atoms with Crippen molar-refractivity contribution in [1.82, 2.24) is 15.3 Å². The number of alkyl carbamates (subject to hydrolysis) is 1. The van der Waals surface area contributed by atoms with Gasteiger partial charge in [0.2, 0.25) is 5.82 Å². The number of nitrogens with one attached hydrogen (secondary N) is 1. The highest BCUT2D eigenvalue weighted by Gasteiger charge is 2.37. The Bertz CT molecular complexity index is 1040. The first kappa shape index (κ1) is 16.7. The first-order valence-corrected chi connectivity index (χ1v) is 8.32. The highest BCUT2D eigenvalue weighted by molar-refractivity contribution is 5.71. The van der Waals surface area contributed by atoms with E-state index in [1.807, 2.05) is 30.3 Å². The zero-order valence-corrected chi connectivity index (χ0v) is 14.1. The Labute approximate surface area is 155 Å². The van der Waals surface area contributed by atoms with Gasteiger partial charge >= 0.3 is 6.09 Å². The third-order valence-electron chi connectivity index (χ3n) is 4.08. The zero-order chi connectivity index (χ0) is 18.6. The molecule has 2 unspecified atom stereocenters. The standard InChI is InChI=1S/C21H14FN3O2/c22-16-8-4-7-15(13-16)20-19(25-21(26)27-20)17-11-12-23-18(24-17)10-9-14-5-2-1-3-6-14/h1-8,11-13,19-20H,(H,25,26). The van der Waals surface area contributed by atoms with Crippen molar-refractivity contribution >= 4 is 6.09 Å². The molecule has 1 amide bonds. The molecule has 6 heteroatoms. The summed E-state index contributed by atoms with van der Waals surface area (Å²) < 4.78 is 18.9. The van der Waals surface area contributed by atoms with Crippen LogP contribution in [0.25, 0.3) is 0 Å². The van der Waals surface area contributed by atoms with Gasteiger partial charge in [-0.1, -0.05) is 36.3 Å². The first-order valence-electron chi connectivity index (χ1n) is 8.32. The zero-order valence-electron chi connectivity index (χ0n) is 14.1. The molecule has 0 saturated carbocycles. The van der Waals surface area contributed by atoms with Crippen LogP contribution in [0, 0.1) is 17.7 Å². The number of halogens is 1. The fraction of sp³-hybridized carbons (Fsp3) is 0.0952.